The highest BCUT2D eigenvalue weighted by Crippen LogP contribution is 2.42. The van der Waals surface area contributed by atoms with E-state index in [0.29, 0.717) is 5.56 Å². The van der Waals surface area contributed by atoms with Crippen LogP contribution in [0, 0.1) is 0 Å². The van der Waals surface area contributed by atoms with Gasteiger partial charge >= 0.3 is 0 Å². The molecule has 2 heterocycles. The van der Waals surface area contributed by atoms with E-state index in [1.807, 2.05) is 0 Å². The molecule has 3 rings (SSSR count). The Morgan fingerprint density at radius 3 is 2.66 bits per heavy atom. The Bertz CT molecular complexity index is 978. The lowest BCUT2D eigenvalue weighted by molar-refractivity contribution is -0.140. The van der Waals surface area contributed by atoms with Crippen LogP contribution >= 0.6 is 23.2 Å². The molecule has 9 heteroatoms. The number of methoxy groups -OCH3 is 2. The number of pyridine rings is 1. The largest absolute Gasteiger partial charge is 0.507 e. The predicted molar refractivity (Wildman–Crippen MR) is 108 cm³/mol. The van der Waals surface area contributed by atoms with Gasteiger partial charge in [-0.2, -0.15) is 0 Å². The third-order valence-electron chi connectivity index (χ3n) is 4.54. The average Bonchev–Trinajstić information content (AvgIpc) is 2.96. The lowest BCUT2D eigenvalue weighted by Gasteiger charge is -2.24. The zero-order valence-electron chi connectivity index (χ0n) is 15.7. The van der Waals surface area contributed by atoms with Gasteiger partial charge in [-0.15, -0.1) is 0 Å². The van der Waals surface area contributed by atoms with Crippen LogP contribution in [0.1, 0.15) is 17.2 Å². The van der Waals surface area contributed by atoms with Crippen LogP contribution in [0.15, 0.2) is 42.2 Å². The van der Waals surface area contributed by atoms with Crippen molar-refractivity contribution < 1.29 is 24.2 Å². The Labute approximate surface area is 177 Å². The van der Waals surface area contributed by atoms with E-state index in [4.69, 9.17) is 32.7 Å². The first kappa shape index (κ1) is 21.1. The standard InChI is InChI=1S/C20H18Cl2N2O5/c1-28-7-6-24-16(11-4-3-5-23-10-11)15(18(26)20(24)27)17(25)13-8-12(21)9-14(22)19(13)29-2/h3-5,8-10,16,25H,6-7H2,1-2H3/b17-15+. The highest BCUT2D eigenvalue weighted by molar-refractivity contribution is 6.46. The first-order valence-corrected chi connectivity index (χ1v) is 9.37. The van der Waals surface area contributed by atoms with Crippen molar-refractivity contribution in [3.63, 3.8) is 0 Å². The zero-order valence-corrected chi connectivity index (χ0v) is 17.2. The van der Waals surface area contributed by atoms with Crippen molar-refractivity contribution in [3.05, 3.63) is 63.4 Å². The normalized spacial score (nSPS) is 18.3. The molecule has 1 unspecified atom stereocenters. The number of halogens is 2. The number of aromatic nitrogens is 1. The molecule has 1 N–H and O–H groups in total. The Balaban J connectivity index is 2.24. The fourth-order valence-corrected chi connectivity index (χ4v) is 3.84. The van der Waals surface area contributed by atoms with Crippen molar-refractivity contribution >= 4 is 40.7 Å². The van der Waals surface area contributed by atoms with Crippen molar-refractivity contribution in [2.45, 2.75) is 6.04 Å². The minimum absolute atomic E-state index is 0.101. The van der Waals surface area contributed by atoms with E-state index < -0.39 is 23.5 Å². The third kappa shape index (κ3) is 3.94. The van der Waals surface area contributed by atoms with E-state index >= 15 is 0 Å². The number of aliphatic hydroxyl groups excluding tert-OH is 1. The average molecular weight is 437 g/mol. The number of rotatable bonds is 6. The summed E-state index contributed by atoms with van der Waals surface area (Å²) < 4.78 is 10.3. The molecule has 2 aromatic rings. The van der Waals surface area contributed by atoms with Crippen molar-refractivity contribution in [2.75, 3.05) is 27.4 Å². The third-order valence-corrected chi connectivity index (χ3v) is 5.04. The van der Waals surface area contributed by atoms with Crippen molar-refractivity contribution in [1.82, 2.24) is 9.88 Å². The van der Waals surface area contributed by atoms with Crippen LogP contribution in [0.5, 0.6) is 5.75 Å². The Morgan fingerprint density at radius 1 is 1.28 bits per heavy atom. The van der Waals surface area contributed by atoms with Gasteiger partial charge in [0.15, 0.2) is 0 Å². The number of carbonyl (C=O) groups is 2. The second-order valence-electron chi connectivity index (χ2n) is 6.24. The van der Waals surface area contributed by atoms with Gasteiger partial charge in [0.25, 0.3) is 11.7 Å². The van der Waals surface area contributed by atoms with Crippen molar-refractivity contribution in [1.29, 1.82) is 0 Å². The molecule has 7 nitrogen and oxygen atoms in total. The molecule has 1 aromatic carbocycles. The van der Waals surface area contributed by atoms with Gasteiger partial charge in [0.05, 0.1) is 35.9 Å². The van der Waals surface area contributed by atoms with E-state index in [1.165, 1.54) is 37.4 Å². The molecule has 1 saturated heterocycles. The minimum Gasteiger partial charge on any atom is -0.507 e. The molecule has 0 saturated carbocycles. The molecule has 1 amide bonds. The molecule has 0 radical (unpaired) electrons. The number of ketones is 1. The van der Waals surface area contributed by atoms with E-state index in [1.54, 1.807) is 18.3 Å². The van der Waals surface area contributed by atoms with Gasteiger partial charge in [-0.25, -0.2) is 0 Å². The molecule has 1 aliphatic heterocycles. The highest BCUT2D eigenvalue weighted by Gasteiger charge is 2.46. The predicted octanol–water partition coefficient (Wildman–Crippen LogP) is 3.47. The molecule has 0 bridgehead atoms. The molecule has 1 atom stereocenters. The maximum Gasteiger partial charge on any atom is 0.295 e. The number of carbonyl (C=O) groups excluding carboxylic acids is 2. The lowest BCUT2D eigenvalue weighted by Crippen LogP contribution is -2.32. The fourth-order valence-electron chi connectivity index (χ4n) is 3.27. The number of likely N-dealkylation sites (tertiary alicyclic amines) is 1. The molecular weight excluding hydrogens is 419 g/mol. The summed E-state index contributed by atoms with van der Waals surface area (Å²) in [5.41, 5.74) is 0.579. The van der Waals surface area contributed by atoms with E-state index in [0.717, 1.165) is 0 Å². The highest BCUT2D eigenvalue weighted by atomic mass is 35.5. The second kappa shape index (κ2) is 8.82. The molecule has 29 heavy (non-hydrogen) atoms. The molecule has 1 aromatic heterocycles. The monoisotopic (exact) mass is 436 g/mol. The quantitative estimate of drug-likeness (QED) is 0.423. The van der Waals surface area contributed by atoms with Gasteiger partial charge in [-0.1, -0.05) is 29.3 Å². The van der Waals surface area contributed by atoms with E-state index in [9.17, 15) is 14.7 Å². The summed E-state index contributed by atoms with van der Waals surface area (Å²) in [6.07, 6.45) is 3.11. The molecular formula is C20H18Cl2N2O5. The summed E-state index contributed by atoms with van der Waals surface area (Å²) in [4.78, 5) is 31.0. The molecule has 1 aliphatic rings. The van der Waals surface area contributed by atoms with Crippen molar-refractivity contribution in [3.8, 4) is 5.75 Å². The molecule has 1 fully saturated rings. The van der Waals surface area contributed by atoms with Crippen LogP contribution in [0.2, 0.25) is 10.0 Å². The minimum atomic E-state index is -0.846. The summed E-state index contributed by atoms with van der Waals surface area (Å²) in [7, 11) is 2.87. The van der Waals surface area contributed by atoms with Gasteiger partial charge in [-0.05, 0) is 23.8 Å². The number of Topliss-reactive ketones (excluding diaryl/α,β-unsaturated/α-hetero) is 1. The number of benzene rings is 1. The summed E-state index contributed by atoms with van der Waals surface area (Å²) >= 11 is 12.3. The smallest absolute Gasteiger partial charge is 0.295 e. The molecule has 152 valence electrons. The number of amides is 1. The van der Waals surface area contributed by atoms with Gasteiger partial charge in [0, 0.05) is 31.1 Å². The topological polar surface area (TPSA) is 89.0 Å². The SMILES string of the molecule is COCCN1C(=O)C(=O)/C(=C(/O)c2cc(Cl)cc(Cl)c2OC)C1c1cccnc1. The Hall–Kier alpha value is -2.61. The maximum atomic E-state index is 12.9. The van der Waals surface area contributed by atoms with E-state index in [-0.39, 0.29) is 40.1 Å². The summed E-state index contributed by atoms with van der Waals surface area (Å²) in [6.45, 7) is 0.376. The summed E-state index contributed by atoms with van der Waals surface area (Å²) in [6, 6.07) is 5.43. The van der Waals surface area contributed by atoms with Crippen molar-refractivity contribution in [2.24, 2.45) is 0 Å². The number of ether oxygens (including phenoxy) is 2. The first-order valence-electron chi connectivity index (χ1n) is 8.61. The number of nitrogens with zero attached hydrogens (tertiary/aromatic N) is 2. The lowest BCUT2D eigenvalue weighted by atomic mass is 9.96. The number of hydrogen-bond acceptors (Lipinski definition) is 6. The number of aliphatic hydroxyl groups is 1. The van der Waals surface area contributed by atoms with Crippen LogP contribution in [-0.2, 0) is 14.3 Å². The van der Waals surface area contributed by atoms with Gasteiger partial charge < -0.3 is 19.5 Å². The second-order valence-corrected chi connectivity index (χ2v) is 7.08. The summed E-state index contributed by atoms with van der Waals surface area (Å²) in [5, 5.41) is 11.5. The summed E-state index contributed by atoms with van der Waals surface area (Å²) in [5.74, 6) is -1.87. The molecule has 0 spiro atoms. The number of hydrogen-bond donors (Lipinski definition) is 1. The first-order chi connectivity index (χ1) is 13.9. The van der Waals surface area contributed by atoms with Crippen LogP contribution in [0.4, 0.5) is 0 Å². The van der Waals surface area contributed by atoms with Crippen LogP contribution in [0.3, 0.4) is 0 Å². The van der Waals surface area contributed by atoms with Crippen LogP contribution in [-0.4, -0.2) is 54.1 Å². The van der Waals surface area contributed by atoms with Gasteiger partial charge in [0.2, 0.25) is 0 Å². The van der Waals surface area contributed by atoms with Gasteiger partial charge in [-0.3, -0.25) is 14.6 Å². The van der Waals surface area contributed by atoms with E-state index in [2.05, 4.69) is 4.98 Å². The zero-order chi connectivity index (χ0) is 21.1. The maximum absolute atomic E-state index is 12.9. The Kier molecular flexibility index (Phi) is 6.42. The van der Waals surface area contributed by atoms with Gasteiger partial charge in [0.1, 0.15) is 11.5 Å². The van der Waals surface area contributed by atoms with Crippen LogP contribution in [0.25, 0.3) is 5.76 Å². The van der Waals surface area contributed by atoms with Crippen LogP contribution < -0.4 is 4.74 Å². The Morgan fingerprint density at radius 2 is 2.03 bits per heavy atom. The fraction of sp³-hybridized carbons (Fsp3) is 0.250. The molecule has 0 aliphatic carbocycles.